The van der Waals surface area contributed by atoms with Gasteiger partial charge in [0.1, 0.15) is 9.96 Å². The summed E-state index contributed by atoms with van der Waals surface area (Å²) in [6.45, 7) is 6.09. The third-order valence-electron chi connectivity index (χ3n) is 3.69. The maximum Gasteiger partial charge on any atom is 0.260 e. The molecule has 1 aromatic carbocycles. The van der Waals surface area contributed by atoms with Gasteiger partial charge in [-0.05, 0) is 35.9 Å². The summed E-state index contributed by atoms with van der Waals surface area (Å²) in [6, 6.07) is 10.8. The quantitative estimate of drug-likeness (QED) is 0.638. The molecule has 26 heavy (non-hydrogen) atoms. The van der Waals surface area contributed by atoms with Crippen molar-refractivity contribution >= 4 is 27.3 Å². The molecular weight excluding hydrogens is 372 g/mol. The fraction of sp³-hybridized carbons (Fsp3) is 0.389. The molecule has 1 atom stereocenters. The van der Waals surface area contributed by atoms with E-state index >= 15 is 0 Å². The standard InChI is InChI=1S/C18H24N2O4S2/c1-13(2)15-7-4-5-8-16(15)24-14(3)18(21)19-10-11-20-26(22,23)17-9-6-12-25-17/h4-9,12-14,20H,10-11H2,1-3H3,(H,19,21). The van der Waals surface area contributed by atoms with E-state index in [9.17, 15) is 13.2 Å². The molecule has 0 radical (unpaired) electrons. The minimum absolute atomic E-state index is 0.112. The molecule has 1 unspecified atom stereocenters. The molecule has 2 aromatic rings. The van der Waals surface area contributed by atoms with Gasteiger partial charge in [0.05, 0.1) is 0 Å². The lowest BCUT2D eigenvalue weighted by atomic mass is 10.0. The molecule has 1 aromatic heterocycles. The fourth-order valence-corrected chi connectivity index (χ4v) is 4.38. The summed E-state index contributed by atoms with van der Waals surface area (Å²) in [5.41, 5.74) is 1.04. The van der Waals surface area contributed by atoms with Gasteiger partial charge in [-0.2, -0.15) is 0 Å². The predicted molar refractivity (Wildman–Crippen MR) is 103 cm³/mol. The van der Waals surface area contributed by atoms with Crippen LogP contribution in [0.4, 0.5) is 0 Å². The molecule has 8 heteroatoms. The minimum Gasteiger partial charge on any atom is -0.481 e. The van der Waals surface area contributed by atoms with Gasteiger partial charge in [0.25, 0.3) is 5.91 Å². The van der Waals surface area contributed by atoms with E-state index in [1.54, 1.807) is 18.4 Å². The van der Waals surface area contributed by atoms with Crippen molar-refractivity contribution in [1.29, 1.82) is 0 Å². The summed E-state index contributed by atoms with van der Waals surface area (Å²) in [4.78, 5) is 12.2. The Labute approximate surface area is 158 Å². The average molecular weight is 397 g/mol. The highest BCUT2D eigenvalue weighted by Crippen LogP contribution is 2.26. The summed E-state index contributed by atoms with van der Waals surface area (Å²) in [7, 11) is -3.51. The Morgan fingerprint density at radius 1 is 1.12 bits per heavy atom. The number of nitrogens with one attached hydrogen (secondary N) is 2. The highest BCUT2D eigenvalue weighted by Gasteiger charge is 2.18. The Kier molecular flexibility index (Phi) is 7.19. The van der Waals surface area contributed by atoms with Gasteiger partial charge in [-0.1, -0.05) is 38.1 Å². The first-order valence-corrected chi connectivity index (χ1v) is 10.7. The van der Waals surface area contributed by atoms with Crippen molar-refractivity contribution in [1.82, 2.24) is 10.0 Å². The molecule has 0 saturated heterocycles. The second kappa shape index (κ2) is 9.16. The molecule has 2 rings (SSSR count). The first-order valence-electron chi connectivity index (χ1n) is 8.37. The Morgan fingerprint density at radius 2 is 1.85 bits per heavy atom. The number of hydrogen-bond donors (Lipinski definition) is 2. The number of carbonyl (C=O) groups excluding carboxylic acids is 1. The van der Waals surface area contributed by atoms with Gasteiger partial charge in [-0.25, -0.2) is 13.1 Å². The maximum absolute atomic E-state index is 12.2. The van der Waals surface area contributed by atoms with Gasteiger partial charge in [-0.15, -0.1) is 11.3 Å². The van der Waals surface area contributed by atoms with Crippen molar-refractivity contribution in [3.63, 3.8) is 0 Å². The highest BCUT2D eigenvalue weighted by atomic mass is 32.2. The van der Waals surface area contributed by atoms with E-state index in [1.807, 2.05) is 24.3 Å². The van der Waals surface area contributed by atoms with Crippen LogP contribution in [0.1, 0.15) is 32.3 Å². The number of ether oxygens (including phenoxy) is 1. The topological polar surface area (TPSA) is 84.5 Å². The Bertz CT molecular complexity index is 817. The van der Waals surface area contributed by atoms with Gasteiger partial charge in [0, 0.05) is 13.1 Å². The first kappa shape index (κ1) is 20.4. The van der Waals surface area contributed by atoms with Gasteiger partial charge in [0.15, 0.2) is 6.10 Å². The second-order valence-electron chi connectivity index (χ2n) is 6.07. The monoisotopic (exact) mass is 396 g/mol. The van der Waals surface area contributed by atoms with Crippen molar-refractivity contribution < 1.29 is 17.9 Å². The third kappa shape index (κ3) is 5.55. The van der Waals surface area contributed by atoms with E-state index in [-0.39, 0.29) is 29.1 Å². The molecule has 2 N–H and O–H groups in total. The Hall–Kier alpha value is -1.90. The molecule has 0 bridgehead atoms. The molecular formula is C18H24N2O4S2. The van der Waals surface area contributed by atoms with Gasteiger partial charge >= 0.3 is 0 Å². The van der Waals surface area contributed by atoms with Crippen LogP contribution in [0.2, 0.25) is 0 Å². The summed E-state index contributed by atoms with van der Waals surface area (Å²) < 4.78 is 32.4. The van der Waals surface area contributed by atoms with E-state index in [2.05, 4.69) is 23.9 Å². The van der Waals surface area contributed by atoms with Crippen LogP contribution in [-0.4, -0.2) is 33.5 Å². The highest BCUT2D eigenvalue weighted by molar-refractivity contribution is 7.91. The van der Waals surface area contributed by atoms with Crippen LogP contribution in [0.15, 0.2) is 46.0 Å². The number of hydrogen-bond acceptors (Lipinski definition) is 5. The van der Waals surface area contributed by atoms with E-state index in [1.165, 1.54) is 6.07 Å². The summed E-state index contributed by atoms with van der Waals surface area (Å²) in [5.74, 6) is 0.676. The molecule has 0 fully saturated rings. The number of sulfonamides is 1. The minimum atomic E-state index is -3.51. The summed E-state index contributed by atoms with van der Waals surface area (Å²) in [6.07, 6.45) is -0.677. The van der Waals surface area contributed by atoms with Crippen LogP contribution >= 0.6 is 11.3 Å². The molecule has 6 nitrogen and oxygen atoms in total. The number of amides is 1. The van der Waals surface area contributed by atoms with Gasteiger partial charge in [-0.3, -0.25) is 4.79 Å². The number of thiophene rings is 1. The van der Waals surface area contributed by atoms with Crippen molar-refractivity contribution in [3.05, 3.63) is 47.3 Å². The largest absolute Gasteiger partial charge is 0.481 e. The van der Waals surface area contributed by atoms with Crippen LogP contribution in [0.5, 0.6) is 5.75 Å². The molecule has 0 aliphatic carbocycles. The van der Waals surface area contributed by atoms with Crippen molar-refractivity contribution in [2.45, 2.75) is 37.0 Å². The van der Waals surface area contributed by atoms with Crippen LogP contribution in [0.3, 0.4) is 0 Å². The molecule has 0 saturated carbocycles. The zero-order valence-electron chi connectivity index (χ0n) is 15.1. The van der Waals surface area contributed by atoms with Crippen LogP contribution in [0, 0.1) is 0 Å². The Balaban J connectivity index is 1.81. The summed E-state index contributed by atoms with van der Waals surface area (Å²) in [5, 5.41) is 4.38. The predicted octanol–water partition coefficient (Wildman–Crippen LogP) is 2.73. The second-order valence-corrected chi connectivity index (χ2v) is 9.01. The maximum atomic E-state index is 12.2. The zero-order chi connectivity index (χ0) is 19.2. The molecule has 0 aliphatic rings. The van der Waals surface area contributed by atoms with Crippen LogP contribution in [-0.2, 0) is 14.8 Å². The van der Waals surface area contributed by atoms with E-state index in [4.69, 9.17) is 4.74 Å². The number of benzene rings is 1. The van der Waals surface area contributed by atoms with Crippen molar-refractivity contribution in [2.75, 3.05) is 13.1 Å². The van der Waals surface area contributed by atoms with Crippen molar-refractivity contribution in [3.8, 4) is 5.75 Å². The molecule has 0 spiro atoms. The van der Waals surface area contributed by atoms with Crippen molar-refractivity contribution in [2.24, 2.45) is 0 Å². The van der Waals surface area contributed by atoms with Crippen LogP contribution in [0.25, 0.3) is 0 Å². The fourth-order valence-electron chi connectivity index (χ4n) is 2.31. The first-order chi connectivity index (χ1) is 12.3. The summed E-state index contributed by atoms with van der Waals surface area (Å²) >= 11 is 1.15. The van der Waals surface area contributed by atoms with Crippen LogP contribution < -0.4 is 14.8 Å². The number of para-hydroxylation sites is 1. The lowest BCUT2D eigenvalue weighted by Gasteiger charge is -2.18. The molecule has 0 aliphatic heterocycles. The lowest BCUT2D eigenvalue weighted by molar-refractivity contribution is -0.127. The van der Waals surface area contributed by atoms with E-state index < -0.39 is 16.1 Å². The Morgan fingerprint density at radius 3 is 2.50 bits per heavy atom. The number of carbonyl (C=O) groups is 1. The lowest BCUT2D eigenvalue weighted by Crippen LogP contribution is -2.40. The molecule has 1 heterocycles. The normalized spacial score (nSPS) is 12.8. The van der Waals surface area contributed by atoms with Gasteiger partial charge in [0.2, 0.25) is 10.0 Å². The SMILES string of the molecule is CC(Oc1ccccc1C(C)C)C(=O)NCCNS(=O)(=O)c1cccs1. The average Bonchev–Trinajstić information content (AvgIpc) is 3.14. The number of rotatable bonds is 9. The molecule has 142 valence electrons. The smallest absolute Gasteiger partial charge is 0.260 e. The molecule has 1 amide bonds. The van der Waals surface area contributed by atoms with E-state index in [0.29, 0.717) is 5.75 Å². The van der Waals surface area contributed by atoms with Gasteiger partial charge < -0.3 is 10.1 Å². The zero-order valence-corrected chi connectivity index (χ0v) is 16.7. The van der Waals surface area contributed by atoms with E-state index in [0.717, 1.165) is 16.9 Å². The third-order valence-corrected chi connectivity index (χ3v) is 6.55.